The fourth-order valence-corrected chi connectivity index (χ4v) is 2.48. The number of piperazine rings is 1. The molecule has 2 saturated heterocycles. The molecule has 0 aromatic carbocycles. The molecule has 1 aromatic rings. The van der Waals surface area contributed by atoms with Crippen LogP contribution in [-0.4, -0.2) is 65.7 Å². The molecule has 2 fully saturated rings. The van der Waals surface area contributed by atoms with Crippen LogP contribution in [0.1, 0.15) is 35.4 Å². The molecule has 0 aliphatic carbocycles. The van der Waals surface area contributed by atoms with E-state index >= 15 is 0 Å². The number of carbonyl (C=O) groups is 1. The molecular formula is C12H20N6O2. The molecule has 3 heterocycles. The van der Waals surface area contributed by atoms with Crippen molar-refractivity contribution >= 4 is 5.91 Å². The Morgan fingerprint density at radius 3 is 2.90 bits per heavy atom. The zero-order chi connectivity index (χ0) is 13.9. The van der Waals surface area contributed by atoms with Crippen molar-refractivity contribution in [1.29, 1.82) is 0 Å². The highest BCUT2D eigenvalue weighted by atomic mass is 16.5. The van der Waals surface area contributed by atoms with Crippen LogP contribution in [0.2, 0.25) is 0 Å². The van der Waals surface area contributed by atoms with Crippen LogP contribution >= 0.6 is 0 Å². The molecule has 1 atom stereocenters. The van der Waals surface area contributed by atoms with Crippen LogP contribution in [0.15, 0.2) is 4.52 Å². The maximum absolute atomic E-state index is 12.1. The summed E-state index contributed by atoms with van der Waals surface area (Å²) in [6.07, 6.45) is 2.07. The van der Waals surface area contributed by atoms with E-state index < -0.39 is 0 Å². The van der Waals surface area contributed by atoms with E-state index in [0.29, 0.717) is 5.89 Å². The summed E-state index contributed by atoms with van der Waals surface area (Å²) >= 11 is 0. The first-order valence-electron chi connectivity index (χ1n) is 7.04. The molecule has 8 nitrogen and oxygen atoms in total. The molecule has 8 heteroatoms. The highest BCUT2D eigenvalue weighted by Gasteiger charge is 2.25. The average molecular weight is 280 g/mol. The van der Waals surface area contributed by atoms with Gasteiger partial charge in [-0.3, -0.25) is 10.2 Å². The maximum atomic E-state index is 12.1. The van der Waals surface area contributed by atoms with Crippen LogP contribution in [0.25, 0.3) is 0 Å². The Hall–Kier alpha value is -1.51. The average Bonchev–Trinajstić information content (AvgIpc) is 3.11. The van der Waals surface area contributed by atoms with Crippen LogP contribution in [-0.2, 0) is 0 Å². The van der Waals surface area contributed by atoms with Gasteiger partial charge in [0.25, 0.3) is 5.82 Å². The van der Waals surface area contributed by atoms with Crippen molar-refractivity contribution in [3.8, 4) is 0 Å². The number of rotatable bonds is 3. The van der Waals surface area contributed by atoms with Crippen LogP contribution in [0.5, 0.6) is 0 Å². The molecule has 0 saturated carbocycles. The van der Waals surface area contributed by atoms with E-state index in [1.165, 1.54) is 0 Å². The van der Waals surface area contributed by atoms with Gasteiger partial charge in [0, 0.05) is 26.2 Å². The fraction of sp³-hybridized carbons (Fsp3) is 0.750. The molecule has 20 heavy (non-hydrogen) atoms. The molecule has 2 N–H and O–H groups in total. The molecule has 0 spiro atoms. The lowest BCUT2D eigenvalue weighted by Crippen LogP contribution is -2.52. The van der Waals surface area contributed by atoms with Crippen LogP contribution in [0.4, 0.5) is 0 Å². The monoisotopic (exact) mass is 280 g/mol. The number of amides is 1. The van der Waals surface area contributed by atoms with E-state index in [2.05, 4.69) is 32.8 Å². The van der Waals surface area contributed by atoms with E-state index in [4.69, 9.17) is 4.52 Å². The lowest BCUT2D eigenvalue weighted by molar-refractivity contribution is 0.0650. The number of nitrogens with one attached hydrogen (secondary N) is 2. The highest BCUT2D eigenvalue weighted by molar-refractivity contribution is 5.89. The zero-order valence-electron chi connectivity index (χ0n) is 11.6. The van der Waals surface area contributed by atoms with Gasteiger partial charge >= 0.3 is 5.91 Å². The Balaban J connectivity index is 1.57. The third kappa shape index (κ3) is 2.97. The minimum atomic E-state index is -0.303. The van der Waals surface area contributed by atoms with Crippen LogP contribution in [0.3, 0.4) is 0 Å². The molecular weight excluding hydrogens is 260 g/mol. The number of hydrogen-bond acceptors (Lipinski definition) is 7. The molecule has 2 aliphatic heterocycles. The van der Waals surface area contributed by atoms with Crippen molar-refractivity contribution in [2.45, 2.75) is 18.9 Å². The van der Waals surface area contributed by atoms with Crippen molar-refractivity contribution in [1.82, 2.24) is 30.8 Å². The van der Waals surface area contributed by atoms with E-state index in [9.17, 15) is 4.79 Å². The molecule has 1 unspecified atom stereocenters. The predicted molar refractivity (Wildman–Crippen MR) is 70.8 cm³/mol. The van der Waals surface area contributed by atoms with Crippen molar-refractivity contribution < 1.29 is 9.32 Å². The molecule has 2 aliphatic rings. The van der Waals surface area contributed by atoms with Gasteiger partial charge in [-0.05, 0) is 26.4 Å². The van der Waals surface area contributed by atoms with Gasteiger partial charge in [0.05, 0.1) is 6.04 Å². The van der Waals surface area contributed by atoms with Gasteiger partial charge < -0.3 is 14.7 Å². The molecule has 1 aromatic heterocycles. The summed E-state index contributed by atoms with van der Waals surface area (Å²) in [4.78, 5) is 18.5. The standard InChI is InChI=1S/C12H20N6O2/c1-17-5-7-18(8-6-17)15-11(19)10-14-12(20-16-10)9-3-2-4-13-9/h9,13H,2-8H2,1H3,(H,15,19). The summed E-state index contributed by atoms with van der Waals surface area (Å²) in [6.45, 7) is 4.43. The second-order valence-corrected chi connectivity index (χ2v) is 5.34. The minimum Gasteiger partial charge on any atom is -0.337 e. The quantitative estimate of drug-likeness (QED) is 0.763. The second kappa shape index (κ2) is 5.86. The van der Waals surface area contributed by atoms with E-state index in [1.54, 1.807) is 0 Å². The van der Waals surface area contributed by atoms with Gasteiger partial charge in [-0.1, -0.05) is 5.16 Å². The van der Waals surface area contributed by atoms with Crippen molar-refractivity contribution in [2.75, 3.05) is 39.8 Å². The Labute approximate surface area is 117 Å². The van der Waals surface area contributed by atoms with E-state index in [0.717, 1.165) is 45.6 Å². The Kier molecular flexibility index (Phi) is 3.95. The van der Waals surface area contributed by atoms with E-state index in [1.807, 2.05) is 5.01 Å². The number of hydrogen-bond donors (Lipinski definition) is 2. The number of hydrazine groups is 1. The lowest BCUT2D eigenvalue weighted by atomic mass is 10.2. The topological polar surface area (TPSA) is 86.5 Å². The normalized spacial score (nSPS) is 24.9. The molecule has 0 bridgehead atoms. The number of nitrogens with zero attached hydrogens (tertiary/aromatic N) is 4. The third-order valence-corrected chi connectivity index (χ3v) is 3.77. The Bertz CT molecular complexity index is 462. The summed E-state index contributed by atoms with van der Waals surface area (Å²) in [5.41, 5.74) is 2.82. The summed E-state index contributed by atoms with van der Waals surface area (Å²) in [7, 11) is 2.07. The smallest absolute Gasteiger partial charge is 0.306 e. The fourth-order valence-electron chi connectivity index (χ4n) is 2.48. The Morgan fingerprint density at radius 1 is 1.40 bits per heavy atom. The van der Waals surface area contributed by atoms with Crippen LogP contribution < -0.4 is 10.7 Å². The first-order chi connectivity index (χ1) is 9.72. The predicted octanol–water partition coefficient (Wildman–Crippen LogP) is -0.614. The number of likely N-dealkylation sites (N-methyl/N-ethyl adjacent to an activating group) is 1. The first kappa shape index (κ1) is 13.5. The summed E-state index contributed by atoms with van der Waals surface area (Å²) < 4.78 is 5.16. The van der Waals surface area contributed by atoms with Gasteiger partial charge in [-0.15, -0.1) is 0 Å². The zero-order valence-corrected chi connectivity index (χ0v) is 11.6. The van der Waals surface area contributed by atoms with Gasteiger partial charge in [0.15, 0.2) is 0 Å². The van der Waals surface area contributed by atoms with Gasteiger partial charge in [-0.2, -0.15) is 4.98 Å². The molecule has 0 radical (unpaired) electrons. The van der Waals surface area contributed by atoms with Crippen molar-refractivity contribution in [3.05, 3.63) is 11.7 Å². The van der Waals surface area contributed by atoms with Gasteiger partial charge in [0.1, 0.15) is 0 Å². The maximum Gasteiger partial charge on any atom is 0.306 e. The highest BCUT2D eigenvalue weighted by Crippen LogP contribution is 2.20. The van der Waals surface area contributed by atoms with Gasteiger partial charge in [0.2, 0.25) is 5.89 Å². The minimum absolute atomic E-state index is 0.0905. The summed E-state index contributed by atoms with van der Waals surface area (Å²) in [6, 6.07) is 0.0905. The third-order valence-electron chi connectivity index (χ3n) is 3.77. The van der Waals surface area contributed by atoms with Crippen molar-refractivity contribution in [3.63, 3.8) is 0 Å². The number of carbonyl (C=O) groups excluding carboxylic acids is 1. The summed E-state index contributed by atoms with van der Waals surface area (Å²) in [5.74, 6) is 0.307. The van der Waals surface area contributed by atoms with E-state index in [-0.39, 0.29) is 17.8 Å². The second-order valence-electron chi connectivity index (χ2n) is 5.34. The molecule has 3 rings (SSSR count). The largest absolute Gasteiger partial charge is 0.337 e. The SMILES string of the molecule is CN1CCN(NC(=O)c2noc(C3CCCN3)n2)CC1. The first-order valence-corrected chi connectivity index (χ1v) is 7.04. The summed E-state index contributed by atoms with van der Waals surface area (Å²) in [5, 5.41) is 8.93. The Morgan fingerprint density at radius 2 is 2.20 bits per heavy atom. The number of aromatic nitrogens is 2. The van der Waals surface area contributed by atoms with Gasteiger partial charge in [-0.25, -0.2) is 5.01 Å². The molecule has 1 amide bonds. The van der Waals surface area contributed by atoms with Crippen molar-refractivity contribution in [2.24, 2.45) is 0 Å². The van der Waals surface area contributed by atoms with Crippen LogP contribution in [0, 0.1) is 0 Å². The lowest BCUT2D eigenvalue weighted by Gasteiger charge is -2.31. The molecule has 110 valence electrons.